The molecule has 0 amide bonds. The van der Waals surface area contributed by atoms with E-state index < -0.39 is 0 Å². The van der Waals surface area contributed by atoms with Crippen LogP contribution < -0.4 is 10.6 Å². The Hall–Kier alpha value is -0.380. The molecular formula is C13H22N2S. The molecule has 1 unspecified atom stereocenters. The fourth-order valence-electron chi connectivity index (χ4n) is 1.69. The van der Waals surface area contributed by atoms with Crippen molar-refractivity contribution in [2.45, 2.75) is 51.7 Å². The molecule has 1 aliphatic rings. The van der Waals surface area contributed by atoms with Crippen LogP contribution in [-0.2, 0) is 13.0 Å². The van der Waals surface area contributed by atoms with Gasteiger partial charge in [0.2, 0.25) is 0 Å². The second-order valence-corrected chi connectivity index (χ2v) is 5.94. The monoisotopic (exact) mass is 238 g/mol. The Balaban J connectivity index is 1.64. The lowest BCUT2D eigenvalue weighted by atomic mass is 10.3. The van der Waals surface area contributed by atoms with Crippen molar-refractivity contribution in [2.24, 2.45) is 0 Å². The zero-order valence-electron chi connectivity index (χ0n) is 10.3. The molecule has 0 aromatic carbocycles. The molecule has 0 aliphatic heterocycles. The summed E-state index contributed by atoms with van der Waals surface area (Å²) in [5.41, 5.74) is 0. The lowest BCUT2D eigenvalue weighted by Gasteiger charge is -2.13. The van der Waals surface area contributed by atoms with Gasteiger partial charge in [0.15, 0.2) is 0 Å². The molecule has 1 atom stereocenters. The highest BCUT2D eigenvalue weighted by Crippen LogP contribution is 2.18. The van der Waals surface area contributed by atoms with Gasteiger partial charge in [-0.3, -0.25) is 0 Å². The molecule has 1 aliphatic carbocycles. The Morgan fingerprint density at radius 3 is 2.75 bits per heavy atom. The molecule has 2 rings (SSSR count). The highest BCUT2D eigenvalue weighted by Gasteiger charge is 2.20. The summed E-state index contributed by atoms with van der Waals surface area (Å²) in [6.45, 7) is 6.57. The van der Waals surface area contributed by atoms with Gasteiger partial charge in [-0.05, 0) is 38.3 Å². The van der Waals surface area contributed by atoms with Gasteiger partial charge in [-0.2, -0.15) is 0 Å². The molecule has 0 bridgehead atoms. The Morgan fingerprint density at radius 2 is 2.12 bits per heavy atom. The topological polar surface area (TPSA) is 24.1 Å². The molecule has 1 fully saturated rings. The predicted octanol–water partition coefficient (Wildman–Crippen LogP) is 2.54. The van der Waals surface area contributed by atoms with Crippen LogP contribution in [-0.4, -0.2) is 18.6 Å². The maximum absolute atomic E-state index is 3.57. The molecule has 3 heteroatoms. The molecule has 1 saturated carbocycles. The molecule has 0 spiro atoms. The summed E-state index contributed by atoms with van der Waals surface area (Å²) in [6, 6.07) is 5.87. The van der Waals surface area contributed by atoms with E-state index in [-0.39, 0.29) is 0 Å². The number of nitrogens with one attached hydrogen (secondary N) is 2. The van der Waals surface area contributed by atoms with E-state index in [1.165, 1.54) is 22.6 Å². The number of aryl methyl sites for hydroxylation is 1. The van der Waals surface area contributed by atoms with Gasteiger partial charge in [0, 0.05) is 34.9 Å². The molecule has 1 aromatic rings. The van der Waals surface area contributed by atoms with Gasteiger partial charge in [0.25, 0.3) is 0 Å². The van der Waals surface area contributed by atoms with Crippen molar-refractivity contribution >= 4 is 11.3 Å². The molecular weight excluding hydrogens is 216 g/mol. The van der Waals surface area contributed by atoms with E-state index in [1.807, 2.05) is 11.3 Å². The van der Waals surface area contributed by atoms with Crippen molar-refractivity contribution in [2.75, 3.05) is 6.54 Å². The van der Waals surface area contributed by atoms with Gasteiger partial charge >= 0.3 is 0 Å². The van der Waals surface area contributed by atoms with E-state index in [0.717, 1.165) is 25.6 Å². The quantitative estimate of drug-likeness (QED) is 0.763. The maximum Gasteiger partial charge on any atom is 0.0302 e. The second-order valence-electron chi connectivity index (χ2n) is 4.69. The summed E-state index contributed by atoms with van der Waals surface area (Å²) in [5.74, 6) is 0. The molecule has 90 valence electrons. The first-order chi connectivity index (χ1) is 7.78. The van der Waals surface area contributed by atoms with Crippen molar-refractivity contribution in [3.05, 3.63) is 21.9 Å². The second kappa shape index (κ2) is 5.80. The van der Waals surface area contributed by atoms with Crippen LogP contribution in [0.25, 0.3) is 0 Å². The number of rotatable bonds is 7. The zero-order chi connectivity index (χ0) is 11.4. The molecule has 0 saturated heterocycles. The SMILES string of the molecule is CCc1ccc(CNC(C)CNC2CC2)s1. The number of hydrogen-bond acceptors (Lipinski definition) is 3. The summed E-state index contributed by atoms with van der Waals surface area (Å²) < 4.78 is 0. The number of thiophene rings is 1. The molecule has 1 heterocycles. The number of hydrogen-bond donors (Lipinski definition) is 2. The molecule has 2 N–H and O–H groups in total. The van der Waals surface area contributed by atoms with Crippen molar-refractivity contribution in [3.63, 3.8) is 0 Å². The van der Waals surface area contributed by atoms with Gasteiger partial charge in [0.05, 0.1) is 0 Å². The van der Waals surface area contributed by atoms with E-state index in [1.54, 1.807) is 0 Å². The Bertz CT molecular complexity index is 317. The minimum atomic E-state index is 0.563. The van der Waals surface area contributed by atoms with Gasteiger partial charge in [-0.25, -0.2) is 0 Å². The zero-order valence-corrected chi connectivity index (χ0v) is 11.1. The van der Waals surface area contributed by atoms with Gasteiger partial charge < -0.3 is 10.6 Å². The molecule has 1 aromatic heterocycles. The van der Waals surface area contributed by atoms with Crippen LogP contribution in [0.2, 0.25) is 0 Å². The summed E-state index contributed by atoms with van der Waals surface area (Å²) >= 11 is 1.93. The molecule has 2 nitrogen and oxygen atoms in total. The normalized spacial score (nSPS) is 17.6. The van der Waals surface area contributed by atoms with Crippen LogP contribution >= 0.6 is 11.3 Å². The summed E-state index contributed by atoms with van der Waals surface area (Å²) in [6.07, 6.45) is 3.90. The van der Waals surface area contributed by atoms with E-state index in [4.69, 9.17) is 0 Å². The highest BCUT2D eigenvalue weighted by molar-refractivity contribution is 7.11. The molecule has 16 heavy (non-hydrogen) atoms. The third-order valence-corrected chi connectivity index (χ3v) is 4.21. The van der Waals surface area contributed by atoms with E-state index in [9.17, 15) is 0 Å². The Labute approximate surface area is 102 Å². The molecule has 0 radical (unpaired) electrons. The van der Waals surface area contributed by atoms with Crippen LogP contribution in [0.1, 0.15) is 36.4 Å². The highest BCUT2D eigenvalue weighted by atomic mass is 32.1. The lowest BCUT2D eigenvalue weighted by molar-refractivity contribution is 0.502. The van der Waals surface area contributed by atoms with Crippen LogP contribution in [0.5, 0.6) is 0 Å². The van der Waals surface area contributed by atoms with E-state index in [0.29, 0.717) is 6.04 Å². The third kappa shape index (κ3) is 3.89. The van der Waals surface area contributed by atoms with Crippen molar-refractivity contribution in [1.29, 1.82) is 0 Å². The maximum atomic E-state index is 3.57. The fraction of sp³-hybridized carbons (Fsp3) is 0.692. The standard InChI is InChI=1S/C13H22N2S/c1-3-12-6-7-13(16-12)9-14-10(2)8-15-11-4-5-11/h6-7,10-11,14-15H,3-5,8-9H2,1-2H3. The van der Waals surface area contributed by atoms with Crippen LogP contribution in [0.15, 0.2) is 12.1 Å². The van der Waals surface area contributed by atoms with Crippen molar-refractivity contribution < 1.29 is 0 Å². The first kappa shape index (κ1) is 12.1. The van der Waals surface area contributed by atoms with Crippen LogP contribution in [0.3, 0.4) is 0 Å². The Morgan fingerprint density at radius 1 is 1.38 bits per heavy atom. The third-order valence-electron chi connectivity index (χ3n) is 2.98. The first-order valence-corrected chi connectivity index (χ1v) is 7.14. The summed E-state index contributed by atoms with van der Waals surface area (Å²) in [7, 11) is 0. The fourth-order valence-corrected chi connectivity index (χ4v) is 2.59. The average Bonchev–Trinajstić information content (AvgIpc) is 3.01. The smallest absolute Gasteiger partial charge is 0.0302 e. The van der Waals surface area contributed by atoms with Crippen LogP contribution in [0, 0.1) is 0 Å². The van der Waals surface area contributed by atoms with Crippen LogP contribution in [0.4, 0.5) is 0 Å². The first-order valence-electron chi connectivity index (χ1n) is 6.32. The summed E-state index contributed by atoms with van der Waals surface area (Å²) in [5, 5.41) is 7.12. The van der Waals surface area contributed by atoms with Gasteiger partial charge in [-0.1, -0.05) is 6.92 Å². The minimum Gasteiger partial charge on any atom is -0.312 e. The summed E-state index contributed by atoms with van der Waals surface area (Å²) in [4.78, 5) is 2.94. The van der Waals surface area contributed by atoms with E-state index >= 15 is 0 Å². The van der Waals surface area contributed by atoms with Crippen molar-refractivity contribution in [3.8, 4) is 0 Å². The predicted molar refractivity (Wildman–Crippen MR) is 71.0 cm³/mol. The average molecular weight is 238 g/mol. The van der Waals surface area contributed by atoms with E-state index in [2.05, 4.69) is 36.6 Å². The van der Waals surface area contributed by atoms with Crippen molar-refractivity contribution in [1.82, 2.24) is 10.6 Å². The van der Waals surface area contributed by atoms with Gasteiger partial charge in [-0.15, -0.1) is 11.3 Å². The van der Waals surface area contributed by atoms with Gasteiger partial charge in [0.1, 0.15) is 0 Å². The largest absolute Gasteiger partial charge is 0.312 e. The minimum absolute atomic E-state index is 0.563. The lowest BCUT2D eigenvalue weighted by Crippen LogP contribution is -2.36. The Kier molecular flexibility index (Phi) is 4.38.